The Balaban J connectivity index is 2.36. The molecule has 1 aromatic heterocycles. The molecule has 21 heavy (non-hydrogen) atoms. The highest BCUT2D eigenvalue weighted by atomic mass is 32.2. The number of primary amides is 1. The van der Waals surface area contributed by atoms with Gasteiger partial charge in [-0.3, -0.25) is 4.79 Å². The normalized spacial score (nSPS) is 11.7. The monoisotopic (exact) mass is 309 g/mol. The minimum Gasteiger partial charge on any atom is -0.398 e. The molecule has 2 aromatic rings. The Kier molecular flexibility index (Phi) is 4.24. The fourth-order valence-electron chi connectivity index (χ4n) is 1.79. The number of carbonyl (C=O) groups is 1. The number of sulfonamides is 1. The van der Waals surface area contributed by atoms with E-state index in [-0.39, 0.29) is 11.6 Å². The van der Waals surface area contributed by atoms with Crippen molar-refractivity contribution in [1.29, 1.82) is 0 Å². The smallest absolute Gasteiger partial charge is 0.260 e. The van der Waals surface area contributed by atoms with Gasteiger partial charge in [-0.2, -0.15) is 4.31 Å². The van der Waals surface area contributed by atoms with Gasteiger partial charge in [-0.15, -0.1) is 0 Å². The van der Waals surface area contributed by atoms with Gasteiger partial charge in [0.05, 0.1) is 19.1 Å². The minimum absolute atomic E-state index is 0.0586. The average molecular weight is 309 g/mol. The zero-order valence-corrected chi connectivity index (χ0v) is 11.9. The average Bonchev–Trinajstić information content (AvgIpc) is 2.94. The summed E-state index contributed by atoms with van der Waals surface area (Å²) in [6, 6.07) is 6.81. The van der Waals surface area contributed by atoms with Gasteiger partial charge in [0.2, 0.25) is 5.91 Å². The van der Waals surface area contributed by atoms with Crippen molar-refractivity contribution < 1.29 is 13.2 Å². The third-order valence-corrected chi connectivity index (χ3v) is 4.54. The topological polar surface area (TPSA) is 135 Å². The number of H-pyrrole nitrogens is 1. The molecular weight excluding hydrogens is 294 g/mol. The van der Waals surface area contributed by atoms with Crippen molar-refractivity contribution in [2.45, 2.75) is 11.6 Å². The van der Waals surface area contributed by atoms with Crippen LogP contribution in [-0.2, 0) is 21.4 Å². The predicted octanol–water partition coefficient (Wildman–Crippen LogP) is -0.332. The van der Waals surface area contributed by atoms with Gasteiger partial charge >= 0.3 is 0 Å². The summed E-state index contributed by atoms with van der Waals surface area (Å²) in [5.74, 6) is -0.757. The molecule has 0 atom stereocenters. The van der Waals surface area contributed by atoms with Crippen molar-refractivity contribution in [1.82, 2.24) is 14.3 Å². The fourth-order valence-corrected chi connectivity index (χ4v) is 3.07. The van der Waals surface area contributed by atoms with Gasteiger partial charge in [0.25, 0.3) is 10.0 Å². The summed E-state index contributed by atoms with van der Waals surface area (Å²) in [6.07, 6.45) is 2.41. The summed E-state index contributed by atoms with van der Waals surface area (Å²) in [5, 5.41) is -0.113. The van der Waals surface area contributed by atoms with Crippen LogP contribution in [0.1, 0.15) is 5.56 Å². The second-order valence-electron chi connectivity index (χ2n) is 4.35. The van der Waals surface area contributed by atoms with Crippen LogP contribution in [0, 0.1) is 0 Å². The lowest BCUT2D eigenvalue weighted by Crippen LogP contribution is -2.38. The molecule has 5 N–H and O–H groups in total. The molecule has 2 rings (SSSR count). The molecule has 0 saturated carbocycles. The number of nitrogens with zero attached hydrogens (tertiary/aromatic N) is 2. The van der Waals surface area contributed by atoms with Crippen LogP contribution in [0.25, 0.3) is 0 Å². The van der Waals surface area contributed by atoms with E-state index in [1.165, 1.54) is 6.33 Å². The quantitative estimate of drug-likeness (QED) is 0.628. The molecule has 9 heteroatoms. The van der Waals surface area contributed by atoms with Gasteiger partial charge in [-0.1, -0.05) is 18.2 Å². The van der Waals surface area contributed by atoms with E-state index in [2.05, 4.69) is 9.97 Å². The van der Waals surface area contributed by atoms with Crippen LogP contribution in [0.2, 0.25) is 0 Å². The molecule has 0 fully saturated rings. The van der Waals surface area contributed by atoms with Crippen LogP contribution in [0.3, 0.4) is 0 Å². The lowest BCUT2D eigenvalue weighted by Gasteiger charge is -2.20. The number of nitrogen functional groups attached to an aromatic ring is 1. The molecule has 0 aliphatic heterocycles. The number of amides is 1. The maximum atomic E-state index is 12.5. The number of hydrogen-bond acceptors (Lipinski definition) is 5. The van der Waals surface area contributed by atoms with Crippen LogP contribution in [-0.4, -0.2) is 35.1 Å². The molecule has 1 amide bonds. The second-order valence-corrected chi connectivity index (χ2v) is 6.26. The van der Waals surface area contributed by atoms with E-state index in [1.807, 2.05) is 0 Å². The molecule has 0 aliphatic carbocycles. The van der Waals surface area contributed by atoms with Crippen LogP contribution >= 0.6 is 0 Å². The van der Waals surface area contributed by atoms with E-state index in [0.29, 0.717) is 11.3 Å². The molecule has 0 saturated heterocycles. The van der Waals surface area contributed by atoms with Gasteiger partial charge in [0.15, 0.2) is 5.03 Å². The lowest BCUT2D eigenvalue weighted by molar-refractivity contribution is -0.118. The molecule has 0 unspecified atom stereocenters. The molecule has 0 bridgehead atoms. The van der Waals surface area contributed by atoms with Gasteiger partial charge in [0.1, 0.15) is 0 Å². The Hall–Kier alpha value is -2.39. The first-order valence-corrected chi connectivity index (χ1v) is 7.45. The van der Waals surface area contributed by atoms with Crippen LogP contribution in [0.4, 0.5) is 5.69 Å². The van der Waals surface area contributed by atoms with E-state index >= 15 is 0 Å². The van der Waals surface area contributed by atoms with Gasteiger partial charge in [-0.05, 0) is 11.6 Å². The number of rotatable bonds is 6. The van der Waals surface area contributed by atoms with Crippen molar-refractivity contribution >= 4 is 21.6 Å². The van der Waals surface area contributed by atoms with E-state index in [4.69, 9.17) is 11.5 Å². The molecule has 8 nitrogen and oxygen atoms in total. The van der Waals surface area contributed by atoms with Crippen molar-refractivity contribution in [3.63, 3.8) is 0 Å². The zero-order chi connectivity index (χ0) is 15.5. The Bertz CT molecular complexity index is 727. The molecule has 0 aliphatic rings. The maximum Gasteiger partial charge on any atom is 0.260 e. The van der Waals surface area contributed by atoms with Gasteiger partial charge in [0, 0.05) is 12.2 Å². The lowest BCUT2D eigenvalue weighted by atomic mass is 10.2. The van der Waals surface area contributed by atoms with Crippen molar-refractivity contribution in [3.8, 4) is 0 Å². The highest BCUT2D eigenvalue weighted by molar-refractivity contribution is 7.89. The number of aromatic nitrogens is 2. The Labute approximate surface area is 121 Å². The molecule has 1 aromatic carbocycles. The summed E-state index contributed by atoms with van der Waals surface area (Å²) in [6.45, 7) is -0.507. The third kappa shape index (κ3) is 3.38. The largest absolute Gasteiger partial charge is 0.398 e. The Morgan fingerprint density at radius 2 is 2.05 bits per heavy atom. The van der Waals surface area contributed by atoms with Crippen molar-refractivity contribution in [3.05, 3.63) is 42.4 Å². The molecular formula is C12H15N5O3S. The van der Waals surface area contributed by atoms with Crippen molar-refractivity contribution in [2.75, 3.05) is 12.3 Å². The van der Waals surface area contributed by atoms with E-state index in [9.17, 15) is 13.2 Å². The zero-order valence-electron chi connectivity index (χ0n) is 11.1. The van der Waals surface area contributed by atoms with E-state index in [0.717, 1.165) is 10.5 Å². The summed E-state index contributed by atoms with van der Waals surface area (Å²) >= 11 is 0. The number of nitrogens with one attached hydrogen (secondary N) is 1. The minimum atomic E-state index is -3.91. The Morgan fingerprint density at radius 1 is 1.33 bits per heavy atom. The molecule has 1 heterocycles. The standard InChI is InChI=1S/C12H15N5O3S/c13-10-4-2-1-3-9(10)6-17(7-11(14)18)21(19,20)12-5-15-8-16-12/h1-5,8H,6-7,13H2,(H2,14,18)(H,15,16). The molecule has 0 radical (unpaired) electrons. The van der Waals surface area contributed by atoms with Crippen LogP contribution in [0.5, 0.6) is 0 Å². The van der Waals surface area contributed by atoms with Crippen LogP contribution in [0.15, 0.2) is 41.8 Å². The highest BCUT2D eigenvalue weighted by Crippen LogP contribution is 2.19. The summed E-state index contributed by atoms with van der Waals surface area (Å²) in [7, 11) is -3.91. The number of hydrogen-bond donors (Lipinski definition) is 3. The number of imidazole rings is 1. The fraction of sp³-hybridized carbons (Fsp3) is 0.167. The summed E-state index contributed by atoms with van der Waals surface area (Å²) < 4.78 is 25.9. The second kappa shape index (κ2) is 5.94. The van der Waals surface area contributed by atoms with E-state index in [1.54, 1.807) is 24.3 Å². The number of para-hydroxylation sites is 1. The van der Waals surface area contributed by atoms with Gasteiger partial charge < -0.3 is 16.5 Å². The van der Waals surface area contributed by atoms with Crippen molar-refractivity contribution in [2.24, 2.45) is 5.73 Å². The predicted molar refractivity (Wildman–Crippen MR) is 76.2 cm³/mol. The van der Waals surface area contributed by atoms with Gasteiger partial charge in [-0.25, -0.2) is 13.4 Å². The highest BCUT2D eigenvalue weighted by Gasteiger charge is 2.27. The number of anilines is 1. The van der Waals surface area contributed by atoms with Crippen LogP contribution < -0.4 is 11.5 Å². The first-order valence-electron chi connectivity index (χ1n) is 6.01. The first kappa shape index (κ1) is 15.0. The molecule has 112 valence electrons. The summed E-state index contributed by atoms with van der Waals surface area (Å²) in [5.41, 5.74) is 12.0. The third-order valence-electron chi connectivity index (χ3n) is 2.82. The number of aromatic amines is 1. The Morgan fingerprint density at radius 3 is 2.62 bits per heavy atom. The number of benzene rings is 1. The SMILES string of the molecule is NC(=O)CN(Cc1ccccc1N)S(=O)(=O)c1cnc[nH]1. The first-order chi connectivity index (χ1) is 9.91. The summed E-state index contributed by atoms with van der Waals surface area (Å²) in [4.78, 5) is 17.3. The van der Waals surface area contributed by atoms with E-state index < -0.39 is 22.5 Å². The maximum absolute atomic E-state index is 12.5. The number of carbonyl (C=O) groups excluding carboxylic acids is 1. The number of nitrogens with two attached hydrogens (primary N) is 2. The molecule has 0 spiro atoms.